The first-order valence-electron chi connectivity index (χ1n) is 6.64. The van der Waals surface area contributed by atoms with Gasteiger partial charge in [-0.25, -0.2) is 0 Å². The van der Waals surface area contributed by atoms with Crippen molar-refractivity contribution in [3.63, 3.8) is 0 Å². The molecule has 98 valence electrons. The third kappa shape index (κ3) is 3.41. The van der Waals surface area contributed by atoms with Crippen LogP contribution in [-0.4, -0.2) is 13.9 Å². The smallest absolute Gasteiger partial charge is 0.159 e. The maximum atomic E-state index is 11.4. The molecule has 0 radical (unpaired) electrons. The van der Waals surface area contributed by atoms with Gasteiger partial charge in [0.25, 0.3) is 0 Å². The molecule has 2 heteroatoms. The zero-order chi connectivity index (χ0) is 13.9. The Morgan fingerprint density at radius 1 is 1.00 bits per heavy atom. The molecule has 0 aliphatic heterocycles. The van der Waals surface area contributed by atoms with Gasteiger partial charge >= 0.3 is 0 Å². The van der Waals surface area contributed by atoms with Crippen LogP contribution in [0.25, 0.3) is 0 Å². The zero-order valence-electron chi connectivity index (χ0n) is 11.8. The molecular formula is C17H20OSi. The molecule has 2 rings (SSSR count). The van der Waals surface area contributed by atoms with E-state index in [1.807, 2.05) is 18.2 Å². The molecule has 1 nitrogen and oxygen atoms in total. The summed E-state index contributed by atoms with van der Waals surface area (Å²) in [7, 11) is -1.49. The maximum absolute atomic E-state index is 11.4. The van der Waals surface area contributed by atoms with E-state index in [-0.39, 0.29) is 5.78 Å². The van der Waals surface area contributed by atoms with Gasteiger partial charge in [-0.2, -0.15) is 0 Å². The van der Waals surface area contributed by atoms with Crippen molar-refractivity contribution >= 4 is 19.0 Å². The zero-order valence-corrected chi connectivity index (χ0v) is 12.8. The Kier molecular flexibility index (Phi) is 4.01. The fraction of sp³-hybridized carbons (Fsp3) is 0.235. The average molecular weight is 268 g/mol. The Labute approximate surface area is 116 Å². The molecule has 0 saturated carbocycles. The lowest BCUT2D eigenvalue weighted by Gasteiger charge is -2.23. The molecule has 2 aromatic rings. The number of benzene rings is 2. The van der Waals surface area contributed by atoms with Crippen LogP contribution in [0, 0.1) is 0 Å². The van der Waals surface area contributed by atoms with E-state index in [4.69, 9.17) is 0 Å². The Bertz CT molecular complexity index is 573. The highest BCUT2D eigenvalue weighted by atomic mass is 28.3. The SMILES string of the molecule is CC(=O)c1cccc(C[Si](C)(C)c2ccccc2)c1. The molecule has 0 atom stereocenters. The molecule has 19 heavy (non-hydrogen) atoms. The van der Waals surface area contributed by atoms with E-state index in [1.54, 1.807) is 6.92 Å². The van der Waals surface area contributed by atoms with Crippen LogP contribution in [0.2, 0.25) is 13.1 Å². The Hall–Kier alpha value is -1.67. The summed E-state index contributed by atoms with van der Waals surface area (Å²) in [6, 6.07) is 19.8. The van der Waals surface area contributed by atoms with Crippen molar-refractivity contribution in [2.24, 2.45) is 0 Å². The van der Waals surface area contributed by atoms with E-state index in [0.29, 0.717) is 0 Å². The van der Waals surface area contributed by atoms with E-state index in [2.05, 4.69) is 49.5 Å². The van der Waals surface area contributed by atoms with Gasteiger partial charge in [-0.3, -0.25) is 4.79 Å². The van der Waals surface area contributed by atoms with Crippen molar-refractivity contribution in [3.05, 3.63) is 65.7 Å². The molecule has 2 aromatic carbocycles. The van der Waals surface area contributed by atoms with Gasteiger partial charge in [0.1, 0.15) is 0 Å². The third-order valence-corrected chi connectivity index (χ3v) is 6.72. The van der Waals surface area contributed by atoms with Crippen LogP contribution < -0.4 is 5.19 Å². The van der Waals surface area contributed by atoms with Gasteiger partial charge in [-0.1, -0.05) is 66.8 Å². The molecule has 0 fully saturated rings. The summed E-state index contributed by atoms with van der Waals surface area (Å²) in [5.74, 6) is 0.140. The fourth-order valence-electron chi connectivity index (χ4n) is 2.40. The van der Waals surface area contributed by atoms with Crippen molar-refractivity contribution in [3.8, 4) is 0 Å². The van der Waals surface area contributed by atoms with Gasteiger partial charge in [0.05, 0.1) is 8.07 Å². The van der Waals surface area contributed by atoms with Gasteiger partial charge in [0.15, 0.2) is 5.78 Å². The van der Waals surface area contributed by atoms with Gasteiger partial charge in [0.2, 0.25) is 0 Å². The second-order valence-corrected chi connectivity index (χ2v) is 10.4. The van der Waals surface area contributed by atoms with E-state index < -0.39 is 8.07 Å². The van der Waals surface area contributed by atoms with Crippen LogP contribution in [-0.2, 0) is 6.04 Å². The summed E-state index contributed by atoms with van der Waals surface area (Å²) in [4.78, 5) is 11.4. The van der Waals surface area contributed by atoms with E-state index in [1.165, 1.54) is 10.8 Å². The summed E-state index contributed by atoms with van der Waals surface area (Å²) in [6.45, 7) is 6.38. The molecule has 0 bridgehead atoms. The molecule has 0 amide bonds. The first-order chi connectivity index (χ1) is 8.99. The largest absolute Gasteiger partial charge is 0.295 e. The fourth-order valence-corrected chi connectivity index (χ4v) is 4.94. The summed E-state index contributed by atoms with van der Waals surface area (Å²) in [5.41, 5.74) is 2.09. The minimum absolute atomic E-state index is 0.140. The van der Waals surface area contributed by atoms with Gasteiger partial charge in [-0.15, -0.1) is 0 Å². The molecule has 0 aliphatic carbocycles. The molecule has 0 aromatic heterocycles. The summed E-state index contributed by atoms with van der Waals surface area (Å²) >= 11 is 0. The molecule has 0 heterocycles. The number of ketones is 1. The summed E-state index contributed by atoms with van der Waals surface area (Å²) < 4.78 is 0. The van der Waals surface area contributed by atoms with Crippen molar-refractivity contribution < 1.29 is 4.79 Å². The first-order valence-corrected chi connectivity index (χ1v) is 9.85. The highest BCUT2D eigenvalue weighted by Gasteiger charge is 2.23. The van der Waals surface area contributed by atoms with Crippen molar-refractivity contribution in [1.82, 2.24) is 0 Å². The van der Waals surface area contributed by atoms with E-state index >= 15 is 0 Å². The summed E-state index contributed by atoms with van der Waals surface area (Å²) in [6.07, 6.45) is 0. The minimum atomic E-state index is -1.49. The molecule has 0 unspecified atom stereocenters. The van der Waals surface area contributed by atoms with Crippen LogP contribution in [0.5, 0.6) is 0 Å². The van der Waals surface area contributed by atoms with Crippen LogP contribution >= 0.6 is 0 Å². The molecule has 0 saturated heterocycles. The molecule has 0 aliphatic rings. The number of hydrogen-bond donors (Lipinski definition) is 0. The van der Waals surface area contributed by atoms with Gasteiger partial charge in [-0.05, 0) is 24.6 Å². The minimum Gasteiger partial charge on any atom is -0.295 e. The van der Waals surface area contributed by atoms with Crippen molar-refractivity contribution in [1.29, 1.82) is 0 Å². The number of Topliss-reactive ketones (excluding diaryl/α,β-unsaturated/α-hetero) is 1. The normalized spacial score (nSPS) is 11.3. The second kappa shape index (κ2) is 5.53. The van der Waals surface area contributed by atoms with Crippen LogP contribution in [0.15, 0.2) is 54.6 Å². The lowest BCUT2D eigenvalue weighted by molar-refractivity contribution is 0.101. The highest BCUT2D eigenvalue weighted by Crippen LogP contribution is 2.14. The number of carbonyl (C=O) groups excluding carboxylic acids is 1. The van der Waals surface area contributed by atoms with Crippen molar-refractivity contribution in [2.75, 3.05) is 0 Å². The number of hydrogen-bond acceptors (Lipinski definition) is 1. The second-order valence-electron chi connectivity index (χ2n) is 5.68. The van der Waals surface area contributed by atoms with Gasteiger partial charge < -0.3 is 0 Å². The first kappa shape index (κ1) is 13.8. The topological polar surface area (TPSA) is 17.1 Å². The monoisotopic (exact) mass is 268 g/mol. The lowest BCUT2D eigenvalue weighted by atomic mass is 10.1. The highest BCUT2D eigenvalue weighted by molar-refractivity contribution is 6.89. The standard InChI is InChI=1S/C17H20OSi/c1-14(18)16-9-7-8-15(12-16)13-19(2,3)17-10-5-4-6-11-17/h4-12H,13H2,1-3H3. The predicted molar refractivity (Wildman–Crippen MR) is 83.7 cm³/mol. The molecule has 0 spiro atoms. The lowest BCUT2D eigenvalue weighted by Crippen LogP contribution is -2.43. The van der Waals surface area contributed by atoms with Crippen molar-refractivity contribution in [2.45, 2.75) is 26.1 Å². The number of rotatable bonds is 4. The summed E-state index contributed by atoms with van der Waals surface area (Å²) in [5, 5.41) is 1.46. The Morgan fingerprint density at radius 2 is 1.68 bits per heavy atom. The Morgan fingerprint density at radius 3 is 2.32 bits per heavy atom. The molecular weight excluding hydrogens is 248 g/mol. The average Bonchev–Trinajstić information content (AvgIpc) is 2.39. The van der Waals surface area contributed by atoms with Crippen LogP contribution in [0.3, 0.4) is 0 Å². The van der Waals surface area contributed by atoms with E-state index in [0.717, 1.165) is 11.6 Å². The molecule has 0 N–H and O–H groups in total. The predicted octanol–water partition coefficient (Wildman–Crippen LogP) is 3.59. The number of carbonyl (C=O) groups is 1. The van der Waals surface area contributed by atoms with E-state index in [9.17, 15) is 4.79 Å². The third-order valence-electron chi connectivity index (χ3n) is 3.53. The Balaban J connectivity index is 2.25. The quantitative estimate of drug-likeness (QED) is 0.612. The van der Waals surface area contributed by atoms with Crippen LogP contribution in [0.4, 0.5) is 0 Å². The van der Waals surface area contributed by atoms with Crippen LogP contribution in [0.1, 0.15) is 22.8 Å². The maximum Gasteiger partial charge on any atom is 0.159 e. The van der Waals surface area contributed by atoms with Gasteiger partial charge in [0, 0.05) is 5.56 Å².